The van der Waals surface area contributed by atoms with Crippen molar-refractivity contribution in [2.24, 2.45) is 0 Å². The van der Waals surface area contributed by atoms with E-state index in [0.717, 1.165) is 38.5 Å². The number of rotatable bonds is 11. The lowest BCUT2D eigenvalue weighted by Gasteiger charge is -2.15. The van der Waals surface area contributed by atoms with E-state index in [1.54, 1.807) is 6.07 Å². The molecule has 12 heteroatoms. The van der Waals surface area contributed by atoms with Crippen molar-refractivity contribution in [3.05, 3.63) is 144 Å². The molecule has 0 bridgehead atoms. The minimum atomic E-state index is -1.25. The number of aromatic nitrogens is 3. The quantitative estimate of drug-likeness (QED) is 0.0691. The van der Waals surface area contributed by atoms with Crippen LogP contribution in [0.5, 0.6) is 0 Å². The van der Waals surface area contributed by atoms with Gasteiger partial charge in [0.2, 0.25) is 0 Å². The van der Waals surface area contributed by atoms with Crippen LogP contribution < -0.4 is 0 Å². The zero-order chi connectivity index (χ0) is 38.1. The number of carbonyl (C=O) groups is 4. The first-order valence-electron chi connectivity index (χ1n) is 16.7. The van der Waals surface area contributed by atoms with E-state index in [1.165, 1.54) is 18.3 Å². The highest BCUT2D eigenvalue weighted by Gasteiger charge is 2.26. The summed E-state index contributed by atoms with van der Waals surface area (Å²) in [5, 5.41) is 38.3. The summed E-state index contributed by atoms with van der Waals surface area (Å²) in [5.74, 6) is -5.80. The van der Waals surface area contributed by atoms with E-state index in [-0.39, 0.29) is 35.8 Å². The van der Waals surface area contributed by atoms with E-state index in [0.29, 0.717) is 5.39 Å². The molecule has 3 unspecified atom stereocenters. The third-order valence-corrected chi connectivity index (χ3v) is 8.96. The molecule has 0 aliphatic heterocycles. The van der Waals surface area contributed by atoms with Gasteiger partial charge in [-0.15, -0.1) is 0 Å². The number of aliphatic carboxylic acids is 4. The molecule has 3 atom stereocenters. The van der Waals surface area contributed by atoms with Gasteiger partial charge in [0, 0.05) is 51.7 Å². The Bertz CT molecular complexity index is 2360. The van der Waals surface area contributed by atoms with Crippen molar-refractivity contribution < 1.29 is 44.0 Å². The molecule has 11 nitrogen and oxygen atoms in total. The first-order chi connectivity index (χ1) is 25.4. The van der Waals surface area contributed by atoms with E-state index >= 15 is 0 Å². The second-order valence-corrected chi connectivity index (χ2v) is 12.5. The first kappa shape index (κ1) is 37.6. The van der Waals surface area contributed by atoms with E-state index < -0.39 is 42.0 Å². The molecule has 0 aliphatic rings. The number of hydrogen-bond acceptors (Lipinski definition) is 4. The van der Waals surface area contributed by atoms with Crippen LogP contribution in [-0.4, -0.2) is 59.3 Å². The number of benzene rings is 4. The molecule has 0 amide bonds. The largest absolute Gasteiger partial charge is 0.481 e. The van der Waals surface area contributed by atoms with Gasteiger partial charge in [-0.3, -0.25) is 19.2 Å². The Morgan fingerprint density at radius 3 is 1.66 bits per heavy atom. The Hall–Kier alpha value is -6.69. The maximum Gasteiger partial charge on any atom is 0.311 e. The molecule has 0 spiro atoms. The lowest BCUT2D eigenvalue weighted by atomic mass is 9.88. The van der Waals surface area contributed by atoms with Crippen LogP contribution in [0, 0.1) is 5.82 Å². The molecule has 0 saturated heterocycles. The van der Waals surface area contributed by atoms with Crippen molar-refractivity contribution >= 4 is 56.6 Å². The van der Waals surface area contributed by atoms with Crippen LogP contribution in [0.15, 0.2) is 116 Å². The van der Waals surface area contributed by atoms with Crippen molar-refractivity contribution in [3.8, 4) is 0 Å². The van der Waals surface area contributed by atoms with Crippen molar-refractivity contribution in [1.29, 1.82) is 0 Å². The van der Waals surface area contributed by atoms with E-state index in [9.17, 15) is 28.7 Å². The highest BCUT2D eigenvalue weighted by molar-refractivity contribution is 5.92. The molecule has 4 aromatic carbocycles. The Morgan fingerprint density at radius 2 is 1.08 bits per heavy atom. The normalized spacial score (nSPS) is 12.6. The van der Waals surface area contributed by atoms with Gasteiger partial charge in [0.1, 0.15) is 5.82 Å². The van der Waals surface area contributed by atoms with Gasteiger partial charge in [-0.05, 0) is 46.4 Å². The predicted octanol–water partition coefficient (Wildman–Crippen LogP) is 8.47. The van der Waals surface area contributed by atoms with Crippen LogP contribution in [0.1, 0.15) is 66.2 Å². The average Bonchev–Trinajstić information content (AvgIpc) is 3.88. The van der Waals surface area contributed by atoms with Crippen molar-refractivity contribution in [2.75, 3.05) is 0 Å². The third kappa shape index (κ3) is 9.16. The number of para-hydroxylation sites is 3. The summed E-state index contributed by atoms with van der Waals surface area (Å²) in [6, 6.07) is 30.0. The Labute approximate surface area is 302 Å². The standard InChI is InChI=1S/C17H15NO2.C12H10FNO4.C12H13NO2/c19-17(20)10-14(12-6-2-1-3-7-12)15-11-18-16-9-5-4-8-13(15)16;13-9-3-1-2-6-8(5-14-11(6)9)7(12(17)18)4-10(15)16;1-8(6-12(14)15)10-7-13-11-5-3-2-4-9(10)11/h1-9,11,14,18H,10H2,(H,19,20);1-3,5,7,14H,4H2,(H,15,16)(H,17,18);2-5,7-8,13H,6H2,1H3,(H,14,15). The van der Waals surface area contributed by atoms with E-state index in [4.69, 9.17) is 15.3 Å². The lowest BCUT2D eigenvalue weighted by molar-refractivity contribution is -0.145. The minimum absolute atomic E-state index is 0.0404. The number of halogens is 1. The third-order valence-electron chi connectivity index (χ3n) is 8.96. The molecule has 7 aromatic rings. The molecule has 0 fully saturated rings. The highest BCUT2D eigenvalue weighted by Crippen LogP contribution is 2.33. The lowest BCUT2D eigenvalue weighted by Crippen LogP contribution is -2.15. The van der Waals surface area contributed by atoms with Crippen LogP contribution in [0.4, 0.5) is 4.39 Å². The number of carboxylic acids is 4. The Kier molecular flexibility index (Phi) is 12.1. The molecule has 3 heterocycles. The summed E-state index contributed by atoms with van der Waals surface area (Å²) >= 11 is 0. The fraction of sp³-hybridized carbons (Fsp3) is 0.171. The SMILES string of the molecule is CC(CC(=O)O)c1c[nH]c2ccccc12.O=C(O)CC(C(=O)O)c1c[nH]c2c(F)cccc12.O=C(O)CC(c1ccccc1)c1c[nH]c2ccccc12. The monoisotopic (exact) mass is 719 g/mol. The molecular weight excluding hydrogens is 681 g/mol. The minimum Gasteiger partial charge on any atom is -0.481 e. The molecule has 53 heavy (non-hydrogen) atoms. The number of carboxylic acid groups (broad SMARTS) is 4. The van der Waals surface area contributed by atoms with Gasteiger partial charge in [0.25, 0.3) is 0 Å². The number of H-pyrrole nitrogens is 3. The van der Waals surface area contributed by atoms with Gasteiger partial charge < -0.3 is 35.4 Å². The van der Waals surface area contributed by atoms with Crippen LogP contribution in [-0.2, 0) is 19.2 Å². The molecule has 0 saturated carbocycles. The van der Waals surface area contributed by atoms with Crippen LogP contribution in [0.25, 0.3) is 32.7 Å². The van der Waals surface area contributed by atoms with E-state index in [2.05, 4.69) is 15.0 Å². The zero-order valence-corrected chi connectivity index (χ0v) is 28.6. The zero-order valence-electron chi connectivity index (χ0n) is 28.6. The van der Waals surface area contributed by atoms with Gasteiger partial charge >= 0.3 is 23.9 Å². The molecule has 0 aliphatic carbocycles. The fourth-order valence-corrected chi connectivity index (χ4v) is 6.46. The van der Waals surface area contributed by atoms with Gasteiger partial charge in [-0.1, -0.05) is 85.8 Å². The van der Waals surface area contributed by atoms with Crippen LogP contribution in [0.3, 0.4) is 0 Å². The van der Waals surface area contributed by atoms with Crippen LogP contribution in [0.2, 0.25) is 0 Å². The van der Waals surface area contributed by atoms with Gasteiger partial charge in [-0.25, -0.2) is 4.39 Å². The van der Waals surface area contributed by atoms with Gasteiger partial charge in [0.05, 0.1) is 30.7 Å². The van der Waals surface area contributed by atoms with Crippen molar-refractivity contribution in [2.45, 2.75) is 43.9 Å². The Balaban J connectivity index is 0.000000155. The van der Waals surface area contributed by atoms with Gasteiger partial charge in [-0.2, -0.15) is 0 Å². The number of hydrogen-bond donors (Lipinski definition) is 7. The number of nitrogens with one attached hydrogen (secondary N) is 3. The topological polar surface area (TPSA) is 197 Å². The molecular formula is C41H38FN3O8. The second kappa shape index (κ2) is 17.0. The fourth-order valence-electron chi connectivity index (χ4n) is 6.46. The summed E-state index contributed by atoms with van der Waals surface area (Å²) < 4.78 is 13.4. The van der Waals surface area contributed by atoms with Crippen molar-refractivity contribution in [3.63, 3.8) is 0 Å². The predicted molar refractivity (Wildman–Crippen MR) is 199 cm³/mol. The summed E-state index contributed by atoms with van der Waals surface area (Å²) in [6.45, 7) is 1.93. The highest BCUT2D eigenvalue weighted by atomic mass is 19.1. The summed E-state index contributed by atoms with van der Waals surface area (Å²) in [4.78, 5) is 52.6. The molecule has 7 N–H and O–H groups in total. The number of fused-ring (bicyclic) bond motifs is 3. The number of aromatic amines is 3. The molecule has 3 aromatic heterocycles. The van der Waals surface area contributed by atoms with Crippen LogP contribution >= 0.6 is 0 Å². The first-order valence-corrected chi connectivity index (χ1v) is 16.7. The van der Waals surface area contributed by atoms with Crippen molar-refractivity contribution in [1.82, 2.24) is 15.0 Å². The molecule has 272 valence electrons. The van der Waals surface area contributed by atoms with Gasteiger partial charge in [0.15, 0.2) is 0 Å². The maximum absolute atomic E-state index is 13.4. The summed E-state index contributed by atoms with van der Waals surface area (Å²) in [6.07, 6.45) is 4.88. The summed E-state index contributed by atoms with van der Waals surface area (Å²) in [7, 11) is 0. The smallest absolute Gasteiger partial charge is 0.311 e. The molecule has 0 radical (unpaired) electrons. The maximum atomic E-state index is 13.4. The van der Waals surface area contributed by atoms with E-state index in [1.807, 2.05) is 98.2 Å². The molecule has 7 rings (SSSR count). The summed E-state index contributed by atoms with van der Waals surface area (Å²) in [5.41, 5.74) is 5.70. The average molecular weight is 720 g/mol. The second-order valence-electron chi connectivity index (χ2n) is 12.5. The Morgan fingerprint density at radius 1 is 0.566 bits per heavy atom.